The fourth-order valence-electron chi connectivity index (χ4n) is 1.26. The zero-order valence-corrected chi connectivity index (χ0v) is 5.63. The van der Waals surface area contributed by atoms with Crippen molar-refractivity contribution in [2.45, 2.75) is 12.5 Å². The molecule has 0 saturated heterocycles. The van der Waals surface area contributed by atoms with E-state index in [4.69, 9.17) is 10.2 Å². The second kappa shape index (κ2) is 2.02. The van der Waals surface area contributed by atoms with Gasteiger partial charge in [0.1, 0.15) is 6.26 Å². The second-order valence-electron chi connectivity index (χ2n) is 2.56. The fraction of sp³-hybridized carbons (Fsp3) is 0.429. The Labute approximate surface area is 59.2 Å². The summed E-state index contributed by atoms with van der Waals surface area (Å²) >= 11 is 0. The summed E-state index contributed by atoms with van der Waals surface area (Å²) in [7, 11) is 0. The molecule has 0 aromatic carbocycles. The van der Waals surface area contributed by atoms with Crippen molar-refractivity contribution in [3.05, 3.63) is 18.1 Å². The van der Waals surface area contributed by atoms with Gasteiger partial charge in [0.05, 0.1) is 12.0 Å². The van der Waals surface area contributed by atoms with Crippen LogP contribution in [0.2, 0.25) is 0 Å². The number of furan rings is 1. The van der Waals surface area contributed by atoms with E-state index in [0.29, 0.717) is 0 Å². The monoisotopic (exact) mass is 138 g/mol. The minimum Gasteiger partial charge on any atom is -0.470 e. The van der Waals surface area contributed by atoms with Gasteiger partial charge in [0.2, 0.25) is 0 Å². The highest BCUT2D eigenvalue weighted by atomic mass is 16.3. The summed E-state index contributed by atoms with van der Waals surface area (Å²) in [5.74, 6) is 0. The van der Waals surface area contributed by atoms with Crippen LogP contribution in [0.3, 0.4) is 0 Å². The molecule has 0 spiro atoms. The smallest absolute Gasteiger partial charge is 0.114 e. The van der Waals surface area contributed by atoms with E-state index in [2.05, 4.69) is 5.32 Å². The lowest BCUT2D eigenvalue weighted by molar-refractivity contribution is 0.558. The molecule has 0 amide bonds. The lowest BCUT2D eigenvalue weighted by Crippen LogP contribution is -2.20. The van der Waals surface area contributed by atoms with Crippen molar-refractivity contribution in [1.29, 1.82) is 0 Å². The zero-order valence-electron chi connectivity index (χ0n) is 5.63. The van der Waals surface area contributed by atoms with Crippen molar-refractivity contribution in [2.75, 3.05) is 11.9 Å². The summed E-state index contributed by atoms with van der Waals surface area (Å²) in [5.41, 5.74) is 7.95. The van der Waals surface area contributed by atoms with E-state index < -0.39 is 0 Å². The summed E-state index contributed by atoms with van der Waals surface area (Å²) in [4.78, 5) is 0. The van der Waals surface area contributed by atoms with Crippen LogP contribution in [0, 0.1) is 0 Å². The molecule has 2 heterocycles. The van der Waals surface area contributed by atoms with Crippen molar-refractivity contribution in [1.82, 2.24) is 0 Å². The third kappa shape index (κ3) is 0.708. The zero-order chi connectivity index (χ0) is 6.97. The maximum Gasteiger partial charge on any atom is 0.114 e. The Hall–Kier alpha value is -0.960. The summed E-state index contributed by atoms with van der Waals surface area (Å²) in [6.07, 6.45) is 4.41. The molecule has 1 atom stereocenters. The Balaban J connectivity index is 2.41. The minimum absolute atomic E-state index is 0.162. The van der Waals surface area contributed by atoms with Crippen LogP contribution in [0.25, 0.3) is 0 Å². The molecule has 0 bridgehead atoms. The van der Waals surface area contributed by atoms with Crippen molar-refractivity contribution < 1.29 is 4.42 Å². The summed E-state index contributed by atoms with van der Waals surface area (Å²) in [5, 5.41) is 3.20. The first-order valence-corrected chi connectivity index (χ1v) is 3.43. The lowest BCUT2D eigenvalue weighted by atomic mass is 10.0. The van der Waals surface area contributed by atoms with Gasteiger partial charge in [-0.15, -0.1) is 0 Å². The van der Waals surface area contributed by atoms with Crippen LogP contribution in [-0.2, 0) is 0 Å². The number of anilines is 1. The molecule has 1 aliphatic rings. The van der Waals surface area contributed by atoms with Crippen LogP contribution in [0.4, 0.5) is 5.69 Å². The Morgan fingerprint density at radius 3 is 3.30 bits per heavy atom. The van der Waals surface area contributed by atoms with Gasteiger partial charge in [-0.2, -0.15) is 0 Å². The highest BCUT2D eigenvalue weighted by Crippen LogP contribution is 2.28. The summed E-state index contributed by atoms with van der Waals surface area (Å²) < 4.78 is 5.00. The van der Waals surface area contributed by atoms with Crippen molar-refractivity contribution in [3.8, 4) is 0 Å². The number of rotatable bonds is 0. The summed E-state index contributed by atoms with van der Waals surface area (Å²) in [6, 6.07) is 0.162. The molecule has 1 aromatic heterocycles. The molecular formula is C7H10N2O. The first kappa shape index (κ1) is 5.80. The lowest BCUT2D eigenvalue weighted by Gasteiger charge is -2.18. The second-order valence-corrected chi connectivity index (χ2v) is 2.56. The van der Waals surface area contributed by atoms with Gasteiger partial charge in [0, 0.05) is 18.2 Å². The van der Waals surface area contributed by atoms with Crippen molar-refractivity contribution in [2.24, 2.45) is 5.73 Å². The van der Waals surface area contributed by atoms with Gasteiger partial charge in [-0.05, 0) is 6.42 Å². The number of hydrogen-bond acceptors (Lipinski definition) is 3. The van der Waals surface area contributed by atoms with Gasteiger partial charge in [0.25, 0.3) is 0 Å². The van der Waals surface area contributed by atoms with E-state index in [1.54, 1.807) is 12.5 Å². The molecule has 3 heteroatoms. The average Bonchev–Trinajstić information content (AvgIpc) is 2.36. The van der Waals surface area contributed by atoms with Crippen LogP contribution in [0.5, 0.6) is 0 Å². The molecular weight excluding hydrogens is 128 g/mol. The first-order chi connectivity index (χ1) is 4.88. The molecule has 0 fully saturated rings. The average molecular weight is 138 g/mol. The van der Waals surface area contributed by atoms with E-state index in [-0.39, 0.29) is 6.04 Å². The largest absolute Gasteiger partial charge is 0.470 e. The molecule has 10 heavy (non-hydrogen) atoms. The Kier molecular flexibility index (Phi) is 1.17. The third-order valence-electron chi connectivity index (χ3n) is 1.86. The maximum atomic E-state index is 5.79. The van der Waals surface area contributed by atoms with Crippen LogP contribution in [0.1, 0.15) is 18.0 Å². The van der Waals surface area contributed by atoms with E-state index in [1.807, 2.05) is 0 Å². The van der Waals surface area contributed by atoms with E-state index >= 15 is 0 Å². The van der Waals surface area contributed by atoms with E-state index in [1.165, 1.54) is 0 Å². The van der Waals surface area contributed by atoms with E-state index in [9.17, 15) is 0 Å². The van der Waals surface area contributed by atoms with Gasteiger partial charge in [0.15, 0.2) is 0 Å². The number of hydrogen-bond donors (Lipinski definition) is 2. The highest BCUT2D eigenvalue weighted by Gasteiger charge is 2.17. The van der Waals surface area contributed by atoms with Gasteiger partial charge in [-0.3, -0.25) is 0 Å². The van der Waals surface area contributed by atoms with Gasteiger partial charge in [-0.1, -0.05) is 0 Å². The number of fused-ring (bicyclic) bond motifs is 1. The third-order valence-corrected chi connectivity index (χ3v) is 1.86. The molecule has 0 radical (unpaired) electrons. The fourth-order valence-corrected chi connectivity index (χ4v) is 1.26. The SMILES string of the molecule is NC1CCNc2cocc21. The van der Waals surface area contributed by atoms with Gasteiger partial charge < -0.3 is 15.5 Å². The molecule has 1 aromatic rings. The number of nitrogens with one attached hydrogen (secondary N) is 1. The standard InChI is InChI=1S/C7H10N2O/c8-6-1-2-9-7-4-10-3-5(6)7/h3-4,6,9H,1-2,8H2. The first-order valence-electron chi connectivity index (χ1n) is 3.43. The molecule has 3 nitrogen and oxygen atoms in total. The quantitative estimate of drug-likeness (QED) is 0.564. The molecule has 0 aliphatic carbocycles. The Morgan fingerprint density at radius 2 is 2.50 bits per heavy atom. The molecule has 3 N–H and O–H groups in total. The summed E-state index contributed by atoms with van der Waals surface area (Å²) in [6.45, 7) is 0.952. The normalized spacial score (nSPS) is 23.5. The molecule has 0 saturated carbocycles. The van der Waals surface area contributed by atoms with Crippen LogP contribution < -0.4 is 11.1 Å². The van der Waals surface area contributed by atoms with Crippen molar-refractivity contribution >= 4 is 5.69 Å². The Bertz CT molecular complexity index is 231. The maximum absolute atomic E-state index is 5.79. The van der Waals surface area contributed by atoms with E-state index in [0.717, 1.165) is 24.2 Å². The highest BCUT2D eigenvalue weighted by molar-refractivity contribution is 5.51. The van der Waals surface area contributed by atoms with Crippen LogP contribution >= 0.6 is 0 Å². The molecule has 1 unspecified atom stereocenters. The predicted octanol–water partition coefficient (Wildman–Crippen LogP) is 1.09. The van der Waals surface area contributed by atoms with Crippen molar-refractivity contribution in [3.63, 3.8) is 0 Å². The predicted molar refractivity (Wildman–Crippen MR) is 38.7 cm³/mol. The number of nitrogens with two attached hydrogens (primary N) is 1. The van der Waals surface area contributed by atoms with Crippen LogP contribution in [0.15, 0.2) is 16.9 Å². The Morgan fingerprint density at radius 1 is 1.60 bits per heavy atom. The minimum atomic E-state index is 0.162. The molecule has 1 aliphatic heterocycles. The molecule has 54 valence electrons. The van der Waals surface area contributed by atoms with Gasteiger partial charge in [-0.25, -0.2) is 0 Å². The van der Waals surface area contributed by atoms with Crippen LogP contribution in [-0.4, -0.2) is 6.54 Å². The topological polar surface area (TPSA) is 51.2 Å². The van der Waals surface area contributed by atoms with Gasteiger partial charge >= 0.3 is 0 Å². The molecule has 2 rings (SSSR count).